The van der Waals surface area contributed by atoms with Gasteiger partial charge in [0, 0.05) is 10.9 Å². The summed E-state index contributed by atoms with van der Waals surface area (Å²) in [5.41, 5.74) is 1.02. The summed E-state index contributed by atoms with van der Waals surface area (Å²) in [5, 5.41) is 11.6. The van der Waals surface area contributed by atoms with E-state index in [1.54, 1.807) is 17.8 Å². The lowest BCUT2D eigenvalue weighted by atomic mass is 10.0. The molecule has 0 fully saturated rings. The quantitative estimate of drug-likeness (QED) is 0.762. The van der Waals surface area contributed by atoms with Crippen molar-refractivity contribution in [2.45, 2.75) is 0 Å². The van der Waals surface area contributed by atoms with E-state index in [-0.39, 0.29) is 0 Å². The number of aromatic hydroxyl groups is 1. The molecule has 0 aliphatic rings. The summed E-state index contributed by atoms with van der Waals surface area (Å²) in [5.74, 6) is 0.304. The van der Waals surface area contributed by atoms with Gasteiger partial charge in [0.05, 0.1) is 4.20 Å². The third kappa shape index (κ3) is 1.85. The molecule has 0 spiro atoms. The molecule has 0 saturated heterocycles. The maximum absolute atomic E-state index is 9.70. The fraction of sp³-hybridized carbons (Fsp3) is 0.0833. The highest BCUT2D eigenvalue weighted by atomic mass is 32.2. The smallest absolute Gasteiger partial charge is 0.123 e. The molecule has 0 radical (unpaired) electrons. The van der Waals surface area contributed by atoms with Crippen LogP contribution in [0.25, 0.3) is 10.8 Å². The van der Waals surface area contributed by atoms with Gasteiger partial charge >= 0.3 is 0 Å². The van der Waals surface area contributed by atoms with Crippen molar-refractivity contribution in [1.82, 2.24) is 0 Å². The summed E-state index contributed by atoms with van der Waals surface area (Å²) < 4.78 is 0.853. The Hall–Kier alpha value is -1.06. The largest absolute Gasteiger partial charge is 0.507 e. The normalized spacial score (nSPS) is 10.5. The molecule has 2 rings (SSSR count). The van der Waals surface area contributed by atoms with Gasteiger partial charge in [-0.25, -0.2) is 0 Å². The SMILES string of the molecule is CSC(=S)c1ccc(O)c2ccccc12. The monoisotopic (exact) mass is 234 g/mol. The molecule has 1 nitrogen and oxygen atoms in total. The van der Waals surface area contributed by atoms with Crippen LogP contribution in [0.3, 0.4) is 0 Å². The fourth-order valence-corrected chi connectivity index (χ4v) is 2.15. The van der Waals surface area contributed by atoms with Gasteiger partial charge in [-0.05, 0) is 23.8 Å². The lowest BCUT2D eigenvalue weighted by Gasteiger charge is -2.07. The van der Waals surface area contributed by atoms with E-state index in [2.05, 4.69) is 0 Å². The molecule has 1 N–H and O–H groups in total. The van der Waals surface area contributed by atoms with Crippen LogP contribution in [-0.2, 0) is 0 Å². The molecule has 3 heteroatoms. The second kappa shape index (κ2) is 4.21. The van der Waals surface area contributed by atoms with Crippen LogP contribution >= 0.6 is 24.0 Å². The molecule has 0 aromatic heterocycles. The number of phenols is 1. The topological polar surface area (TPSA) is 20.2 Å². The Morgan fingerprint density at radius 3 is 2.47 bits per heavy atom. The van der Waals surface area contributed by atoms with Gasteiger partial charge in [0.2, 0.25) is 0 Å². The van der Waals surface area contributed by atoms with E-state index in [0.717, 1.165) is 20.5 Å². The molecule has 0 atom stereocenters. The van der Waals surface area contributed by atoms with Crippen LogP contribution in [0.4, 0.5) is 0 Å². The van der Waals surface area contributed by atoms with Gasteiger partial charge in [0.1, 0.15) is 5.75 Å². The Balaban J connectivity index is 2.77. The first-order chi connectivity index (χ1) is 7.24. The molecular weight excluding hydrogens is 224 g/mol. The van der Waals surface area contributed by atoms with Crippen molar-refractivity contribution in [1.29, 1.82) is 0 Å². The summed E-state index contributed by atoms with van der Waals surface area (Å²) in [6, 6.07) is 11.3. The lowest BCUT2D eigenvalue weighted by molar-refractivity contribution is 0.481. The highest BCUT2D eigenvalue weighted by Gasteiger charge is 2.07. The van der Waals surface area contributed by atoms with Crippen LogP contribution < -0.4 is 0 Å². The van der Waals surface area contributed by atoms with E-state index in [9.17, 15) is 5.11 Å². The average Bonchev–Trinajstić information content (AvgIpc) is 2.29. The molecule has 2 aromatic rings. The van der Waals surface area contributed by atoms with Crippen LogP contribution in [0.5, 0.6) is 5.75 Å². The van der Waals surface area contributed by atoms with Crippen molar-refractivity contribution < 1.29 is 5.11 Å². The number of hydrogen-bond donors (Lipinski definition) is 1. The molecule has 0 aliphatic carbocycles. The summed E-state index contributed by atoms with van der Waals surface area (Å²) in [6.45, 7) is 0. The first-order valence-electron chi connectivity index (χ1n) is 4.53. The predicted octanol–water partition coefficient (Wildman–Crippen LogP) is 3.58. The third-order valence-corrected chi connectivity index (χ3v) is 3.62. The highest BCUT2D eigenvalue weighted by molar-refractivity contribution is 8.23. The summed E-state index contributed by atoms with van der Waals surface area (Å²) in [7, 11) is 0. The predicted molar refractivity (Wildman–Crippen MR) is 70.8 cm³/mol. The van der Waals surface area contributed by atoms with Gasteiger partial charge in [-0.15, -0.1) is 11.8 Å². The van der Waals surface area contributed by atoms with Crippen LogP contribution in [0.2, 0.25) is 0 Å². The lowest BCUT2D eigenvalue weighted by Crippen LogP contribution is -1.92. The molecule has 0 unspecified atom stereocenters. The first kappa shape index (κ1) is 10.5. The van der Waals surface area contributed by atoms with E-state index < -0.39 is 0 Å². The highest BCUT2D eigenvalue weighted by Crippen LogP contribution is 2.29. The van der Waals surface area contributed by atoms with Crippen molar-refractivity contribution in [2.75, 3.05) is 6.26 Å². The van der Waals surface area contributed by atoms with Gasteiger partial charge < -0.3 is 5.11 Å². The van der Waals surface area contributed by atoms with E-state index >= 15 is 0 Å². The molecule has 0 amide bonds. The van der Waals surface area contributed by atoms with E-state index in [4.69, 9.17) is 12.2 Å². The summed E-state index contributed by atoms with van der Waals surface area (Å²) >= 11 is 6.82. The van der Waals surface area contributed by atoms with Crippen molar-refractivity contribution in [3.05, 3.63) is 42.0 Å². The summed E-state index contributed by atoms with van der Waals surface area (Å²) in [4.78, 5) is 0. The second-order valence-electron chi connectivity index (χ2n) is 3.17. The van der Waals surface area contributed by atoms with Crippen molar-refractivity contribution in [3.63, 3.8) is 0 Å². The number of rotatable bonds is 1. The van der Waals surface area contributed by atoms with Crippen LogP contribution in [0, 0.1) is 0 Å². The van der Waals surface area contributed by atoms with Gasteiger partial charge in [-0.2, -0.15) is 0 Å². The van der Waals surface area contributed by atoms with Gasteiger partial charge in [-0.1, -0.05) is 36.5 Å². The zero-order chi connectivity index (χ0) is 10.8. The number of thiocarbonyl (C=S) groups is 1. The molecule has 15 heavy (non-hydrogen) atoms. The second-order valence-corrected chi connectivity index (χ2v) is 4.65. The fourth-order valence-electron chi connectivity index (χ4n) is 1.57. The Morgan fingerprint density at radius 2 is 1.80 bits per heavy atom. The maximum atomic E-state index is 9.70. The summed E-state index contributed by atoms with van der Waals surface area (Å²) in [6.07, 6.45) is 1.96. The van der Waals surface area contributed by atoms with Gasteiger partial charge in [0.25, 0.3) is 0 Å². The maximum Gasteiger partial charge on any atom is 0.123 e. The molecule has 2 aromatic carbocycles. The van der Waals surface area contributed by atoms with Crippen molar-refractivity contribution >= 4 is 38.9 Å². The van der Waals surface area contributed by atoms with Crippen LogP contribution in [0.15, 0.2) is 36.4 Å². The van der Waals surface area contributed by atoms with E-state index in [1.807, 2.05) is 36.6 Å². The van der Waals surface area contributed by atoms with Gasteiger partial charge in [-0.3, -0.25) is 0 Å². The van der Waals surface area contributed by atoms with Crippen molar-refractivity contribution in [2.24, 2.45) is 0 Å². The minimum absolute atomic E-state index is 0.304. The zero-order valence-electron chi connectivity index (χ0n) is 8.23. The third-order valence-electron chi connectivity index (χ3n) is 2.31. The Kier molecular flexibility index (Phi) is 2.93. The number of hydrogen-bond acceptors (Lipinski definition) is 3. The molecule has 0 aliphatic heterocycles. The molecule has 76 valence electrons. The minimum Gasteiger partial charge on any atom is -0.507 e. The molecule has 0 bridgehead atoms. The van der Waals surface area contributed by atoms with Crippen molar-refractivity contribution in [3.8, 4) is 5.75 Å². The van der Waals surface area contributed by atoms with E-state index in [1.165, 1.54) is 0 Å². The average molecular weight is 234 g/mol. The number of thioether (sulfide) groups is 1. The zero-order valence-corrected chi connectivity index (χ0v) is 9.86. The molecule has 0 saturated carbocycles. The number of phenolic OH excluding ortho intramolecular Hbond substituents is 1. The Morgan fingerprint density at radius 1 is 1.13 bits per heavy atom. The van der Waals surface area contributed by atoms with Crippen LogP contribution in [-0.4, -0.2) is 15.6 Å². The first-order valence-corrected chi connectivity index (χ1v) is 6.16. The standard InChI is InChI=1S/C12H10OS2/c1-15-12(14)10-6-7-11(13)9-5-3-2-4-8(9)10/h2-7,13H,1H3. The molecular formula is C12H10OS2. The van der Waals surface area contributed by atoms with Crippen LogP contribution in [0.1, 0.15) is 5.56 Å². The Labute approximate surface area is 98.1 Å². The molecule has 0 heterocycles. The van der Waals surface area contributed by atoms with Gasteiger partial charge in [0.15, 0.2) is 0 Å². The minimum atomic E-state index is 0.304. The number of fused-ring (bicyclic) bond motifs is 1. The van der Waals surface area contributed by atoms with E-state index in [0.29, 0.717) is 5.75 Å². The number of benzene rings is 2. The Bertz CT molecular complexity index is 520.